The van der Waals surface area contributed by atoms with Crippen LogP contribution >= 0.6 is 15.9 Å². The first-order valence-corrected chi connectivity index (χ1v) is 6.92. The molecule has 1 aromatic carbocycles. The van der Waals surface area contributed by atoms with Crippen LogP contribution in [0, 0.1) is 5.82 Å². The summed E-state index contributed by atoms with van der Waals surface area (Å²) in [6.07, 6.45) is 0.954. The molecular formula is C9H9BrFNOS. The first kappa shape index (κ1) is 10.1. The molecule has 0 unspecified atom stereocenters. The van der Waals surface area contributed by atoms with Gasteiger partial charge in [-0.15, -0.1) is 0 Å². The van der Waals surface area contributed by atoms with E-state index in [1.165, 1.54) is 6.07 Å². The van der Waals surface area contributed by atoms with E-state index in [0.717, 1.165) is 6.42 Å². The van der Waals surface area contributed by atoms with E-state index in [0.29, 0.717) is 21.7 Å². The third-order valence-electron chi connectivity index (χ3n) is 2.12. The zero-order valence-corrected chi connectivity index (χ0v) is 9.78. The van der Waals surface area contributed by atoms with Gasteiger partial charge >= 0.3 is 0 Å². The lowest BCUT2D eigenvalue weighted by atomic mass is 10.3. The molecule has 5 heteroatoms. The van der Waals surface area contributed by atoms with E-state index >= 15 is 0 Å². The SMILES string of the molecule is O=S1(=Nc2cccc(F)c2Br)CCC1. The van der Waals surface area contributed by atoms with Crippen LogP contribution in [0.1, 0.15) is 6.42 Å². The normalized spacial score (nSPS) is 18.7. The number of benzene rings is 1. The van der Waals surface area contributed by atoms with Gasteiger partial charge in [0.2, 0.25) is 0 Å². The van der Waals surface area contributed by atoms with Gasteiger partial charge in [0.05, 0.1) is 19.9 Å². The molecule has 1 fully saturated rings. The molecule has 0 saturated carbocycles. The molecule has 0 spiro atoms. The Morgan fingerprint density at radius 2 is 2.14 bits per heavy atom. The van der Waals surface area contributed by atoms with Crippen molar-refractivity contribution in [3.8, 4) is 0 Å². The molecule has 0 amide bonds. The van der Waals surface area contributed by atoms with Gasteiger partial charge in [0, 0.05) is 11.5 Å². The monoisotopic (exact) mass is 277 g/mol. The minimum Gasteiger partial charge on any atom is -0.249 e. The standard InChI is InChI=1S/C9H9BrFNOS/c10-9-7(11)3-1-4-8(9)12-14(13)5-2-6-14/h1,3-4H,2,5-6H2. The average molecular weight is 278 g/mol. The Bertz CT molecular complexity index is 470. The molecule has 2 rings (SSSR count). The van der Waals surface area contributed by atoms with Crippen molar-refractivity contribution in [2.45, 2.75) is 6.42 Å². The largest absolute Gasteiger partial charge is 0.249 e. The fourth-order valence-corrected chi connectivity index (χ4v) is 3.17. The zero-order chi connectivity index (χ0) is 10.2. The van der Waals surface area contributed by atoms with Crippen molar-refractivity contribution < 1.29 is 8.60 Å². The summed E-state index contributed by atoms with van der Waals surface area (Å²) in [5.74, 6) is 0.903. The number of nitrogens with zero attached hydrogens (tertiary/aromatic N) is 1. The number of rotatable bonds is 1. The summed E-state index contributed by atoms with van der Waals surface area (Å²) < 4.78 is 29.2. The van der Waals surface area contributed by atoms with E-state index in [2.05, 4.69) is 20.3 Å². The molecule has 1 saturated heterocycles. The van der Waals surface area contributed by atoms with Gasteiger partial charge in [-0.3, -0.25) is 0 Å². The van der Waals surface area contributed by atoms with Gasteiger partial charge in [-0.1, -0.05) is 6.07 Å². The summed E-state index contributed by atoms with van der Waals surface area (Å²) in [5, 5.41) is 0. The van der Waals surface area contributed by atoms with Crippen molar-refractivity contribution in [3.63, 3.8) is 0 Å². The fraction of sp³-hybridized carbons (Fsp3) is 0.333. The maximum atomic E-state index is 13.1. The summed E-state index contributed by atoms with van der Waals surface area (Å²) >= 11 is 3.09. The molecule has 0 radical (unpaired) electrons. The summed E-state index contributed by atoms with van der Waals surface area (Å²) in [4.78, 5) is 0. The van der Waals surface area contributed by atoms with Crippen molar-refractivity contribution in [2.75, 3.05) is 11.5 Å². The number of hydrogen-bond acceptors (Lipinski definition) is 2. The average Bonchev–Trinajstić information content (AvgIpc) is 2.10. The molecule has 0 aromatic heterocycles. The lowest BCUT2D eigenvalue weighted by molar-refractivity contribution is 0.621. The molecule has 1 aliphatic rings. The van der Waals surface area contributed by atoms with Crippen molar-refractivity contribution in [2.24, 2.45) is 4.36 Å². The Kier molecular flexibility index (Phi) is 2.62. The molecular weight excluding hydrogens is 269 g/mol. The molecule has 14 heavy (non-hydrogen) atoms. The van der Waals surface area contributed by atoms with Gasteiger partial charge < -0.3 is 0 Å². The Balaban J connectivity index is 2.48. The van der Waals surface area contributed by atoms with Crippen LogP contribution < -0.4 is 0 Å². The lowest BCUT2D eigenvalue weighted by Crippen LogP contribution is -2.23. The third kappa shape index (κ3) is 1.83. The molecule has 0 bridgehead atoms. The van der Waals surface area contributed by atoms with Crippen LogP contribution in [0.3, 0.4) is 0 Å². The molecule has 0 aliphatic carbocycles. The van der Waals surface area contributed by atoms with Crippen LogP contribution in [0.5, 0.6) is 0 Å². The first-order valence-electron chi connectivity index (χ1n) is 4.27. The second-order valence-electron chi connectivity index (χ2n) is 3.20. The Morgan fingerprint density at radius 3 is 2.71 bits per heavy atom. The van der Waals surface area contributed by atoms with Crippen molar-refractivity contribution in [1.29, 1.82) is 0 Å². The van der Waals surface area contributed by atoms with E-state index in [-0.39, 0.29) is 5.82 Å². The van der Waals surface area contributed by atoms with Gasteiger partial charge in [-0.25, -0.2) is 8.60 Å². The Morgan fingerprint density at radius 1 is 1.43 bits per heavy atom. The maximum Gasteiger partial charge on any atom is 0.139 e. The zero-order valence-electron chi connectivity index (χ0n) is 7.37. The summed E-state index contributed by atoms with van der Waals surface area (Å²) in [6, 6.07) is 4.58. The highest BCUT2D eigenvalue weighted by Gasteiger charge is 2.20. The maximum absolute atomic E-state index is 13.1. The van der Waals surface area contributed by atoms with Gasteiger partial charge in [0.15, 0.2) is 0 Å². The molecule has 76 valence electrons. The van der Waals surface area contributed by atoms with Crippen LogP contribution in [0.2, 0.25) is 0 Å². The van der Waals surface area contributed by atoms with E-state index in [1.807, 2.05) is 0 Å². The van der Waals surface area contributed by atoms with Crippen LogP contribution in [0.15, 0.2) is 27.0 Å². The van der Waals surface area contributed by atoms with Gasteiger partial charge in [-0.05, 0) is 34.5 Å². The number of hydrogen-bond donors (Lipinski definition) is 0. The molecule has 1 heterocycles. The van der Waals surface area contributed by atoms with Crippen molar-refractivity contribution in [3.05, 3.63) is 28.5 Å². The smallest absolute Gasteiger partial charge is 0.139 e. The second kappa shape index (κ2) is 3.62. The summed E-state index contributed by atoms with van der Waals surface area (Å²) in [6.45, 7) is 0. The van der Waals surface area contributed by atoms with E-state index in [4.69, 9.17) is 0 Å². The quantitative estimate of drug-likeness (QED) is 0.776. The highest BCUT2D eigenvalue weighted by Crippen LogP contribution is 2.30. The lowest BCUT2D eigenvalue weighted by Gasteiger charge is -2.18. The van der Waals surface area contributed by atoms with Crippen LogP contribution in [0.25, 0.3) is 0 Å². The predicted molar refractivity (Wildman–Crippen MR) is 58.7 cm³/mol. The minimum absolute atomic E-state index is 0.301. The van der Waals surface area contributed by atoms with Crippen LogP contribution in [0.4, 0.5) is 10.1 Å². The van der Waals surface area contributed by atoms with E-state index in [1.54, 1.807) is 12.1 Å². The highest BCUT2D eigenvalue weighted by molar-refractivity contribution is 9.10. The van der Waals surface area contributed by atoms with Gasteiger partial charge in [-0.2, -0.15) is 4.36 Å². The summed E-state index contributed by atoms with van der Waals surface area (Å²) in [5.41, 5.74) is 0.453. The van der Waals surface area contributed by atoms with Crippen LogP contribution in [-0.2, 0) is 9.73 Å². The molecule has 2 nitrogen and oxygen atoms in total. The van der Waals surface area contributed by atoms with Crippen LogP contribution in [-0.4, -0.2) is 15.7 Å². The van der Waals surface area contributed by atoms with E-state index in [9.17, 15) is 8.60 Å². The van der Waals surface area contributed by atoms with Gasteiger partial charge in [0.1, 0.15) is 5.82 Å². The topological polar surface area (TPSA) is 29.4 Å². The third-order valence-corrected chi connectivity index (χ3v) is 5.29. The van der Waals surface area contributed by atoms with E-state index < -0.39 is 9.73 Å². The Hall–Kier alpha value is -0.420. The first-order chi connectivity index (χ1) is 6.61. The van der Waals surface area contributed by atoms with Crippen molar-refractivity contribution >= 4 is 31.3 Å². The molecule has 1 aromatic rings. The molecule has 1 aliphatic heterocycles. The molecule has 0 atom stereocenters. The second-order valence-corrected chi connectivity index (χ2v) is 6.54. The predicted octanol–water partition coefficient (Wildman–Crippen LogP) is 3.09. The Labute approximate surface area is 90.8 Å². The van der Waals surface area contributed by atoms with Gasteiger partial charge in [0.25, 0.3) is 0 Å². The molecule has 0 N–H and O–H groups in total. The fourth-order valence-electron chi connectivity index (χ4n) is 1.22. The summed E-state index contributed by atoms with van der Waals surface area (Å²) in [7, 11) is -2.05. The highest BCUT2D eigenvalue weighted by atomic mass is 79.9. The van der Waals surface area contributed by atoms with Crippen molar-refractivity contribution in [1.82, 2.24) is 0 Å². The minimum atomic E-state index is -2.05. The number of halogens is 2.